The third-order valence-corrected chi connectivity index (χ3v) is 4.89. The highest BCUT2D eigenvalue weighted by Crippen LogP contribution is 2.20. The van der Waals surface area contributed by atoms with Gasteiger partial charge in [0.15, 0.2) is 0 Å². The summed E-state index contributed by atoms with van der Waals surface area (Å²) in [7, 11) is 0. The molecule has 1 aromatic carbocycles. The second-order valence-corrected chi connectivity index (χ2v) is 7.58. The molecule has 0 atom stereocenters. The van der Waals surface area contributed by atoms with Crippen molar-refractivity contribution >= 4 is 27.7 Å². The number of hydrogen-bond donors (Lipinski definition) is 0. The third-order valence-electron chi connectivity index (χ3n) is 4.36. The summed E-state index contributed by atoms with van der Waals surface area (Å²) in [5, 5.41) is 0. The van der Waals surface area contributed by atoms with Crippen molar-refractivity contribution in [3.05, 3.63) is 51.9 Å². The molecule has 1 aromatic heterocycles. The van der Waals surface area contributed by atoms with Crippen LogP contribution in [0.2, 0.25) is 0 Å². The van der Waals surface area contributed by atoms with E-state index in [9.17, 15) is 4.79 Å². The van der Waals surface area contributed by atoms with Gasteiger partial charge in [0.2, 0.25) is 0 Å². The molecular formula is C19H23BrN4O. The summed E-state index contributed by atoms with van der Waals surface area (Å²) < 4.78 is 0.981. The molecule has 132 valence electrons. The number of hydrogen-bond acceptors (Lipinski definition) is 4. The van der Waals surface area contributed by atoms with E-state index in [0.29, 0.717) is 19.0 Å². The zero-order valence-electron chi connectivity index (χ0n) is 14.9. The SMILES string of the molecule is Cc1cc(N2CCN(C(=O)c3ccc(Br)cc3)CC2)nc(C(C)C)n1. The van der Waals surface area contributed by atoms with Gasteiger partial charge in [0.1, 0.15) is 11.6 Å². The van der Waals surface area contributed by atoms with Crippen LogP contribution in [0.25, 0.3) is 0 Å². The van der Waals surface area contributed by atoms with Gasteiger partial charge >= 0.3 is 0 Å². The van der Waals surface area contributed by atoms with E-state index in [1.54, 1.807) is 0 Å². The zero-order chi connectivity index (χ0) is 18.0. The minimum Gasteiger partial charge on any atom is -0.353 e. The van der Waals surface area contributed by atoms with Crippen molar-refractivity contribution in [3.8, 4) is 0 Å². The first-order valence-corrected chi connectivity index (χ1v) is 9.38. The van der Waals surface area contributed by atoms with E-state index in [2.05, 4.69) is 39.7 Å². The lowest BCUT2D eigenvalue weighted by Crippen LogP contribution is -2.49. The fourth-order valence-corrected chi connectivity index (χ4v) is 3.17. The highest BCUT2D eigenvalue weighted by molar-refractivity contribution is 9.10. The van der Waals surface area contributed by atoms with Crippen molar-refractivity contribution in [1.29, 1.82) is 0 Å². The Kier molecular flexibility index (Phi) is 5.37. The van der Waals surface area contributed by atoms with Gasteiger partial charge in [0.05, 0.1) is 0 Å². The van der Waals surface area contributed by atoms with Crippen LogP contribution in [0.4, 0.5) is 5.82 Å². The average molecular weight is 403 g/mol. The second kappa shape index (κ2) is 7.52. The molecule has 3 rings (SSSR count). The van der Waals surface area contributed by atoms with Gasteiger partial charge in [0.25, 0.3) is 5.91 Å². The fourth-order valence-electron chi connectivity index (χ4n) is 2.91. The summed E-state index contributed by atoms with van der Waals surface area (Å²) in [6.07, 6.45) is 0. The van der Waals surface area contributed by atoms with Gasteiger partial charge in [-0.25, -0.2) is 9.97 Å². The highest BCUT2D eigenvalue weighted by Gasteiger charge is 2.23. The Hall–Kier alpha value is -1.95. The number of aryl methyl sites for hydroxylation is 1. The number of aromatic nitrogens is 2. The summed E-state index contributed by atoms with van der Waals surface area (Å²) >= 11 is 3.40. The van der Waals surface area contributed by atoms with Crippen molar-refractivity contribution < 1.29 is 4.79 Å². The molecule has 6 heteroatoms. The van der Waals surface area contributed by atoms with E-state index in [-0.39, 0.29) is 5.91 Å². The Morgan fingerprint density at radius 3 is 2.32 bits per heavy atom. The molecule has 0 spiro atoms. The zero-order valence-corrected chi connectivity index (χ0v) is 16.5. The molecule has 1 saturated heterocycles. The number of anilines is 1. The number of nitrogens with zero attached hydrogens (tertiary/aromatic N) is 4. The van der Waals surface area contributed by atoms with Crippen LogP contribution in [0.15, 0.2) is 34.8 Å². The van der Waals surface area contributed by atoms with Crippen molar-refractivity contribution in [3.63, 3.8) is 0 Å². The summed E-state index contributed by atoms with van der Waals surface area (Å²) in [5.41, 5.74) is 1.72. The Morgan fingerprint density at radius 1 is 1.08 bits per heavy atom. The van der Waals surface area contributed by atoms with E-state index < -0.39 is 0 Å². The number of halogens is 1. The van der Waals surface area contributed by atoms with Gasteiger partial charge in [-0.1, -0.05) is 29.8 Å². The van der Waals surface area contributed by atoms with Gasteiger partial charge in [-0.05, 0) is 31.2 Å². The Labute approximate surface area is 157 Å². The van der Waals surface area contributed by atoms with Gasteiger partial charge in [-0.15, -0.1) is 0 Å². The molecule has 1 fully saturated rings. The highest BCUT2D eigenvalue weighted by atomic mass is 79.9. The maximum absolute atomic E-state index is 12.6. The smallest absolute Gasteiger partial charge is 0.253 e. The van der Waals surface area contributed by atoms with Crippen LogP contribution in [-0.2, 0) is 0 Å². The van der Waals surface area contributed by atoms with Crippen LogP contribution in [0.3, 0.4) is 0 Å². The predicted octanol–water partition coefficient (Wildman–Crippen LogP) is 3.63. The maximum Gasteiger partial charge on any atom is 0.253 e. The first-order valence-electron chi connectivity index (χ1n) is 8.59. The molecule has 0 aliphatic carbocycles. The van der Waals surface area contributed by atoms with E-state index in [1.165, 1.54) is 0 Å². The van der Waals surface area contributed by atoms with Gasteiger partial charge in [-0.3, -0.25) is 4.79 Å². The topological polar surface area (TPSA) is 49.3 Å². The standard InChI is InChI=1S/C19H23BrN4O/c1-13(2)18-21-14(3)12-17(22-18)23-8-10-24(11-9-23)19(25)15-4-6-16(20)7-5-15/h4-7,12-13H,8-11H2,1-3H3. The van der Waals surface area contributed by atoms with Crippen molar-refractivity contribution in [2.24, 2.45) is 0 Å². The number of benzene rings is 1. The lowest BCUT2D eigenvalue weighted by atomic mass is 10.2. The average Bonchev–Trinajstić information content (AvgIpc) is 2.61. The Morgan fingerprint density at radius 2 is 1.72 bits per heavy atom. The quantitative estimate of drug-likeness (QED) is 0.786. The fraction of sp³-hybridized carbons (Fsp3) is 0.421. The monoisotopic (exact) mass is 402 g/mol. The van der Waals surface area contributed by atoms with E-state index >= 15 is 0 Å². The summed E-state index contributed by atoms with van der Waals surface area (Å²) in [4.78, 5) is 26.0. The van der Waals surface area contributed by atoms with Crippen LogP contribution >= 0.6 is 15.9 Å². The number of rotatable bonds is 3. The number of carbonyl (C=O) groups excluding carboxylic acids is 1. The van der Waals surface area contributed by atoms with Crippen LogP contribution in [0, 0.1) is 6.92 Å². The van der Waals surface area contributed by atoms with Crippen LogP contribution in [0.5, 0.6) is 0 Å². The molecule has 1 aliphatic heterocycles. The van der Waals surface area contributed by atoms with Crippen LogP contribution in [0.1, 0.15) is 41.6 Å². The first-order chi connectivity index (χ1) is 11.9. The second-order valence-electron chi connectivity index (χ2n) is 6.67. The van der Waals surface area contributed by atoms with E-state index in [0.717, 1.165) is 40.5 Å². The third kappa shape index (κ3) is 4.18. The summed E-state index contributed by atoms with van der Waals surface area (Å²) in [6.45, 7) is 9.20. The van der Waals surface area contributed by atoms with E-state index in [4.69, 9.17) is 4.98 Å². The molecule has 5 nitrogen and oxygen atoms in total. The van der Waals surface area contributed by atoms with Gasteiger partial charge in [-0.2, -0.15) is 0 Å². The summed E-state index contributed by atoms with van der Waals surface area (Å²) in [6, 6.07) is 9.56. The molecular weight excluding hydrogens is 380 g/mol. The molecule has 0 saturated carbocycles. The number of amides is 1. The molecule has 0 bridgehead atoms. The minimum absolute atomic E-state index is 0.0916. The van der Waals surface area contributed by atoms with Crippen LogP contribution in [-0.4, -0.2) is 47.0 Å². The van der Waals surface area contributed by atoms with E-state index in [1.807, 2.05) is 42.2 Å². The predicted molar refractivity (Wildman–Crippen MR) is 103 cm³/mol. The normalized spacial score (nSPS) is 14.9. The largest absolute Gasteiger partial charge is 0.353 e. The van der Waals surface area contributed by atoms with Gasteiger partial charge in [0, 0.05) is 53.9 Å². The molecule has 2 heterocycles. The molecule has 25 heavy (non-hydrogen) atoms. The Bertz CT molecular complexity index is 753. The minimum atomic E-state index is 0.0916. The molecule has 0 unspecified atom stereocenters. The van der Waals surface area contributed by atoms with Crippen molar-refractivity contribution in [2.75, 3.05) is 31.1 Å². The maximum atomic E-state index is 12.6. The first kappa shape index (κ1) is 17.9. The Balaban J connectivity index is 1.67. The molecule has 0 N–H and O–H groups in total. The van der Waals surface area contributed by atoms with Crippen LogP contribution < -0.4 is 4.90 Å². The van der Waals surface area contributed by atoms with Crippen molar-refractivity contribution in [1.82, 2.24) is 14.9 Å². The molecule has 1 amide bonds. The number of piperazine rings is 1. The number of carbonyl (C=O) groups is 1. The van der Waals surface area contributed by atoms with Crippen molar-refractivity contribution in [2.45, 2.75) is 26.7 Å². The molecule has 0 radical (unpaired) electrons. The molecule has 2 aromatic rings. The summed E-state index contributed by atoms with van der Waals surface area (Å²) in [5.74, 6) is 2.24. The molecule has 1 aliphatic rings. The van der Waals surface area contributed by atoms with Gasteiger partial charge < -0.3 is 9.80 Å². The lowest BCUT2D eigenvalue weighted by Gasteiger charge is -2.35. The lowest BCUT2D eigenvalue weighted by molar-refractivity contribution is 0.0746.